The van der Waals surface area contributed by atoms with Crippen molar-refractivity contribution in [1.29, 1.82) is 0 Å². The molecule has 0 radical (unpaired) electrons. The Hall–Kier alpha value is -2.89. The first-order valence-corrected chi connectivity index (χ1v) is 10.5. The third-order valence-corrected chi connectivity index (χ3v) is 5.16. The number of ether oxygens (including phenoxy) is 4. The summed E-state index contributed by atoms with van der Waals surface area (Å²) in [6, 6.07) is 19.8. The molecule has 1 N–H and O–H groups in total. The molecule has 3 aromatic carbocycles. The maximum Gasteiger partial charge on any atom is 0.180 e. The van der Waals surface area contributed by atoms with Crippen molar-refractivity contribution in [2.24, 2.45) is 0 Å². The number of hydrogen-bond donors (Lipinski definition) is 1. The summed E-state index contributed by atoms with van der Waals surface area (Å²) >= 11 is 6.49. The molecule has 3 aromatic rings. The van der Waals surface area contributed by atoms with Crippen LogP contribution in [0.5, 0.6) is 23.0 Å². The number of benzene rings is 3. The number of methoxy groups -OCH3 is 3. The SMILES string of the molecule is COc1ccc(CCNCc2cc(Cl)c(OCc3ccccc3)c(OC)c2)cc1OC. The molecule has 31 heavy (non-hydrogen) atoms. The van der Waals surface area contributed by atoms with Gasteiger partial charge in [0.25, 0.3) is 0 Å². The van der Waals surface area contributed by atoms with Crippen molar-refractivity contribution in [2.75, 3.05) is 27.9 Å². The Bertz CT molecular complexity index is 979. The molecule has 5 nitrogen and oxygen atoms in total. The van der Waals surface area contributed by atoms with Crippen molar-refractivity contribution in [3.63, 3.8) is 0 Å². The van der Waals surface area contributed by atoms with Crippen LogP contribution in [0.3, 0.4) is 0 Å². The van der Waals surface area contributed by atoms with Crippen LogP contribution >= 0.6 is 11.6 Å². The van der Waals surface area contributed by atoms with Crippen molar-refractivity contribution >= 4 is 11.6 Å². The molecule has 164 valence electrons. The molecule has 6 heteroatoms. The minimum absolute atomic E-state index is 0.430. The largest absolute Gasteiger partial charge is 0.493 e. The zero-order chi connectivity index (χ0) is 22.1. The van der Waals surface area contributed by atoms with Crippen LogP contribution < -0.4 is 24.3 Å². The summed E-state index contributed by atoms with van der Waals surface area (Å²) < 4.78 is 22.1. The van der Waals surface area contributed by atoms with Crippen LogP contribution in [-0.2, 0) is 19.6 Å². The van der Waals surface area contributed by atoms with E-state index in [1.807, 2.05) is 60.7 Å². The van der Waals surface area contributed by atoms with Crippen LogP contribution in [0.25, 0.3) is 0 Å². The highest BCUT2D eigenvalue weighted by atomic mass is 35.5. The predicted molar refractivity (Wildman–Crippen MR) is 124 cm³/mol. The smallest absolute Gasteiger partial charge is 0.180 e. The predicted octanol–water partition coefficient (Wildman–Crippen LogP) is 5.28. The fourth-order valence-corrected chi connectivity index (χ4v) is 3.53. The number of hydrogen-bond acceptors (Lipinski definition) is 5. The fourth-order valence-electron chi connectivity index (χ4n) is 3.25. The van der Waals surface area contributed by atoms with Gasteiger partial charge in [-0.05, 0) is 53.9 Å². The molecule has 0 fully saturated rings. The van der Waals surface area contributed by atoms with E-state index < -0.39 is 0 Å². The van der Waals surface area contributed by atoms with E-state index in [2.05, 4.69) is 5.32 Å². The van der Waals surface area contributed by atoms with Gasteiger partial charge in [-0.3, -0.25) is 0 Å². The highest BCUT2D eigenvalue weighted by molar-refractivity contribution is 6.32. The van der Waals surface area contributed by atoms with Crippen molar-refractivity contribution in [2.45, 2.75) is 19.6 Å². The Balaban J connectivity index is 1.56. The van der Waals surface area contributed by atoms with E-state index in [1.165, 1.54) is 5.56 Å². The monoisotopic (exact) mass is 441 g/mol. The maximum atomic E-state index is 6.49. The molecule has 0 bridgehead atoms. The molecule has 0 amide bonds. The van der Waals surface area contributed by atoms with Gasteiger partial charge < -0.3 is 24.3 Å². The van der Waals surface area contributed by atoms with E-state index in [0.29, 0.717) is 29.7 Å². The van der Waals surface area contributed by atoms with Gasteiger partial charge in [-0.1, -0.05) is 48.0 Å². The molecule has 0 heterocycles. The third kappa shape index (κ3) is 6.29. The van der Waals surface area contributed by atoms with Gasteiger partial charge >= 0.3 is 0 Å². The second kappa shape index (κ2) is 11.5. The van der Waals surface area contributed by atoms with Gasteiger partial charge in [0.1, 0.15) is 6.61 Å². The Morgan fingerprint density at radius 3 is 2.16 bits per heavy atom. The highest BCUT2D eigenvalue weighted by Crippen LogP contribution is 2.37. The van der Waals surface area contributed by atoms with Crippen molar-refractivity contribution in [3.8, 4) is 23.0 Å². The van der Waals surface area contributed by atoms with E-state index >= 15 is 0 Å². The number of rotatable bonds is 11. The maximum absolute atomic E-state index is 6.49. The van der Waals surface area contributed by atoms with Crippen LogP contribution in [0, 0.1) is 0 Å². The lowest BCUT2D eigenvalue weighted by Crippen LogP contribution is -2.17. The summed E-state index contributed by atoms with van der Waals surface area (Å²) in [5.41, 5.74) is 3.27. The molecule has 0 unspecified atom stereocenters. The third-order valence-electron chi connectivity index (χ3n) is 4.88. The molecule has 0 saturated carbocycles. The molecule has 0 aromatic heterocycles. The number of halogens is 1. The van der Waals surface area contributed by atoms with E-state index in [1.54, 1.807) is 21.3 Å². The molecular weight excluding hydrogens is 414 g/mol. The van der Waals surface area contributed by atoms with Crippen LogP contribution in [0.2, 0.25) is 5.02 Å². The first-order chi connectivity index (χ1) is 15.1. The Kier molecular flexibility index (Phi) is 8.44. The molecular formula is C25H28ClNO4. The quantitative estimate of drug-likeness (QED) is 0.410. The van der Waals surface area contributed by atoms with Crippen molar-refractivity contribution in [1.82, 2.24) is 5.32 Å². The van der Waals surface area contributed by atoms with Crippen molar-refractivity contribution < 1.29 is 18.9 Å². The lowest BCUT2D eigenvalue weighted by Gasteiger charge is -2.15. The first kappa shape index (κ1) is 22.8. The minimum Gasteiger partial charge on any atom is -0.493 e. The lowest BCUT2D eigenvalue weighted by atomic mass is 10.1. The first-order valence-electron chi connectivity index (χ1n) is 10.1. The Morgan fingerprint density at radius 2 is 1.45 bits per heavy atom. The van der Waals surface area contributed by atoms with Crippen LogP contribution in [0.15, 0.2) is 60.7 Å². The second-order valence-corrected chi connectivity index (χ2v) is 7.41. The van der Waals surface area contributed by atoms with Gasteiger partial charge in [0.05, 0.1) is 26.4 Å². The fraction of sp³-hybridized carbons (Fsp3) is 0.280. The normalized spacial score (nSPS) is 10.6. The average Bonchev–Trinajstić information content (AvgIpc) is 2.81. The summed E-state index contributed by atoms with van der Waals surface area (Å²) in [5.74, 6) is 2.65. The Labute approximate surface area is 188 Å². The summed E-state index contributed by atoms with van der Waals surface area (Å²) in [5, 5.41) is 3.98. The zero-order valence-corrected chi connectivity index (χ0v) is 18.9. The van der Waals surface area contributed by atoms with Gasteiger partial charge in [0.2, 0.25) is 0 Å². The van der Waals surface area contributed by atoms with Crippen LogP contribution in [-0.4, -0.2) is 27.9 Å². The van der Waals surface area contributed by atoms with E-state index in [-0.39, 0.29) is 0 Å². The lowest BCUT2D eigenvalue weighted by molar-refractivity contribution is 0.284. The summed E-state index contributed by atoms with van der Waals surface area (Å²) in [6.07, 6.45) is 0.865. The zero-order valence-electron chi connectivity index (χ0n) is 18.1. The van der Waals surface area contributed by atoms with Gasteiger partial charge in [0.15, 0.2) is 23.0 Å². The molecule has 0 spiro atoms. The van der Waals surface area contributed by atoms with Crippen LogP contribution in [0.4, 0.5) is 0 Å². The number of nitrogens with one attached hydrogen (secondary N) is 1. The van der Waals surface area contributed by atoms with Gasteiger partial charge in [-0.2, -0.15) is 0 Å². The second-order valence-electron chi connectivity index (χ2n) is 7.00. The highest BCUT2D eigenvalue weighted by Gasteiger charge is 2.12. The standard InChI is InChI=1S/C25H28ClNO4/c1-28-22-10-9-18(14-23(22)29-2)11-12-27-16-20-13-21(26)25(24(15-20)30-3)31-17-19-7-5-4-6-8-19/h4-10,13-15,27H,11-12,16-17H2,1-3H3. The van der Waals surface area contributed by atoms with Gasteiger partial charge in [-0.15, -0.1) is 0 Å². The van der Waals surface area contributed by atoms with Crippen LogP contribution in [0.1, 0.15) is 16.7 Å². The summed E-state index contributed by atoms with van der Waals surface area (Å²) in [4.78, 5) is 0. The van der Waals surface area contributed by atoms with Gasteiger partial charge in [-0.25, -0.2) is 0 Å². The molecule has 0 aliphatic rings. The van der Waals surface area contributed by atoms with Gasteiger partial charge in [0, 0.05) is 6.54 Å². The van der Waals surface area contributed by atoms with Crippen molar-refractivity contribution in [3.05, 3.63) is 82.4 Å². The van der Waals surface area contributed by atoms with E-state index in [0.717, 1.165) is 35.6 Å². The minimum atomic E-state index is 0.430. The summed E-state index contributed by atoms with van der Waals surface area (Å²) in [6.45, 7) is 1.91. The van der Waals surface area contributed by atoms with E-state index in [4.69, 9.17) is 30.5 Å². The summed E-state index contributed by atoms with van der Waals surface area (Å²) in [7, 11) is 4.90. The molecule has 0 atom stereocenters. The van der Waals surface area contributed by atoms with E-state index in [9.17, 15) is 0 Å². The molecule has 0 saturated heterocycles. The molecule has 3 rings (SSSR count). The molecule has 0 aliphatic carbocycles. The Morgan fingerprint density at radius 1 is 0.742 bits per heavy atom. The topological polar surface area (TPSA) is 49.0 Å². The average molecular weight is 442 g/mol. The molecule has 0 aliphatic heterocycles.